The maximum absolute atomic E-state index is 13.7. The van der Waals surface area contributed by atoms with E-state index in [1.807, 2.05) is 0 Å². The quantitative estimate of drug-likeness (QED) is 0.506. The highest BCUT2D eigenvalue weighted by Crippen LogP contribution is 2.43. The molecule has 176 valence electrons. The fourth-order valence-electron chi connectivity index (χ4n) is 3.32. The maximum atomic E-state index is 13.7. The van der Waals surface area contributed by atoms with Crippen molar-refractivity contribution in [2.75, 3.05) is 5.73 Å². The third-order valence-corrected chi connectivity index (χ3v) is 5.07. The van der Waals surface area contributed by atoms with Gasteiger partial charge in [0.05, 0.1) is 11.3 Å². The Morgan fingerprint density at radius 2 is 1.72 bits per heavy atom. The van der Waals surface area contributed by atoms with Gasteiger partial charge in [-0.05, 0) is 39.2 Å². The lowest BCUT2D eigenvalue weighted by Gasteiger charge is -2.29. The zero-order valence-electron chi connectivity index (χ0n) is 16.9. The van der Waals surface area contributed by atoms with E-state index in [9.17, 15) is 36.2 Å². The number of aliphatic hydroxyl groups is 1. The van der Waals surface area contributed by atoms with Crippen LogP contribution < -0.4 is 11.1 Å². The summed E-state index contributed by atoms with van der Waals surface area (Å²) in [7, 11) is 0. The summed E-state index contributed by atoms with van der Waals surface area (Å²) in [6.45, 7) is 3.00. The normalized spacial score (nSPS) is 22.2. The number of hydrogen-bond acceptors (Lipinski definition) is 7. The van der Waals surface area contributed by atoms with Crippen LogP contribution in [0.1, 0.15) is 61.5 Å². The summed E-state index contributed by atoms with van der Waals surface area (Å²) in [5.41, 5.74) is -2.74. The van der Waals surface area contributed by atoms with E-state index in [1.54, 1.807) is 0 Å². The van der Waals surface area contributed by atoms with Crippen LogP contribution in [-0.4, -0.2) is 37.9 Å². The number of amides is 1. The van der Waals surface area contributed by atoms with Crippen LogP contribution in [0.25, 0.3) is 11.6 Å². The van der Waals surface area contributed by atoms with Crippen LogP contribution in [0.3, 0.4) is 0 Å². The van der Waals surface area contributed by atoms with Crippen molar-refractivity contribution in [2.24, 2.45) is 0 Å². The first-order valence-electron chi connectivity index (χ1n) is 9.39. The highest BCUT2D eigenvalue weighted by Gasteiger charge is 2.58. The number of nitrogens with one attached hydrogen (secondary N) is 1. The van der Waals surface area contributed by atoms with E-state index < -0.39 is 70.2 Å². The van der Waals surface area contributed by atoms with Crippen LogP contribution >= 0.6 is 0 Å². The van der Waals surface area contributed by atoms with Gasteiger partial charge in [0.2, 0.25) is 5.60 Å². The fraction of sp³-hybridized carbons (Fsp3) is 0.556. The van der Waals surface area contributed by atoms with Gasteiger partial charge in [-0.2, -0.15) is 26.3 Å². The number of rotatable bonds is 0. The molecule has 2 aromatic rings. The number of alkyl halides is 6. The summed E-state index contributed by atoms with van der Waals surface area (Å²) in [5, 5.41) is 19.4. The van der Waals surface area contributed by atoms with Crippen molar-refractivity contribution >= 4 is 11.6 Å². The van der Waals surface area contributed by atoms with Gasteiger partial charge in [-0.15, -0.1) is 10.2 Å². The summed E-state index contributed by atoms with van der Waals surface area (Å²) >= 11 is 0. The lowest BCUT2D eigenvalue weighted by atomic mass is 9.91. The molecule has 0 aliphatic carbocycles. The van der Waals surface area contributed by atoms with Gasteiger partial charge in [0.1, 0.15) is 5.69 Å². The number of fused-ring (bicyclic) bond motifs is 5. The second-order valence-corrected chi connectivity index (χ2v) is 8.14. The predicted octanol–water partition coefficient (Wildman–Crippen LogP) is 3.56. The van der Waals surface area contributed by atoms with Gasteiger partial charge in [-0.25, -0.2) is 4.98 Å². The Morgan fingerprint density at radius 1 is 1.09 bits per heavy atom. The zero-order valence-corrected chi connectivity index (χ0v) is 16.9. The van der Waals surface area contributed by atoms with Gasteiger partial charge in [0.25, 0.3) is 17.7 Å². The third-order valence-electron chi connectivity index (χ3n) is 5.07. The van der Waals surface area contributed by atoms with Gasteiger partial charge in [-0.1, -0.05) is 6.42 Å². The Morgan fingerprint density at radius 3 is 2.31 bits per heavy atom. The second kappa shape index (κ2) is 7.60. The van der Waals surface area contributed by atoms with E-state index in [-0.39, 0.29) is 19.3 Å². The van der Waals surface area contributed by atoms with Crippen molar-refractivity contribution in [3.05, 3.63) is 23.2 Å². The number of carbonyl (C=O) groups is 1. The number of nitrogens with zero attached hydrogens (tertiary/aromatic N) is 3. The molecule has 3 rings (SSSR count). The number of anilines is 1. The third kappa shape index (κ3) is 4.36. The highest BCUT2D eigenvalue weighted by molar-refractivity contribution is 5.95. The monoisotopic (exact) mass is 467 g/mol. The molecule has 0 spiro atoms. The van der Waals surface area contributed by atoms with E-state index in [2.05, 4.69) is 20.5 Å². The first kappa shape index (κ1) is 23.8. The average molecular weight is 467 g/mol. The molecule has 1 amide bonds. The first-order valence-corrected chi connectivity index (χ1v) is 9.39. The highest BCUT2D eigenvalue weighted by atomic mass is 19.4. The van der Waals surface area contributed by atoms with Gasteiger partial charge in [0.15, 0.2) is 5.69 Å². The Kier molecular flexibility index (Phi) is 5.64. The number of carbonyl (C=O) groups excluding carboxylic acids is 1. The minimum Gasteiger partial charge on any atom is -0.416 e. The van der Waals surface area contributed by atoms with Gasteiger partial charge in [0, 0.05) is 5.54 Å². The Labute approximate surface area is 177 Å². The molecule has 1 aliphatic heterocycles. The molecule has 0 saturated heterocycles. The molecule has 32 heavy (non-hydrogen) atoms. The predicted molar refractivity (Wildman–Crippen MR) is 96.9 cm³/mol. The van der Waals surface area contributed by atoms with Crippen LogP contribution in [0, 0.1) is 0 Å². The molecule has 3 heterocycles. The van der Waals surface area contributed by atoms with Crippen LogP contribution in [0.4, 0.5) is 32.0 Å². The molecule has 1 atom stereocenters. The molecule has 4 bridgehead atoms. The molecule has 0 saturated carbocycles. The van der Waals surface area contributed by atoms with Crippen LogP contribution in [-0.2, 0) is 11.8 Å². The van der Waals surface area contributed by atoms with E-state index >= 15 is 0 Å². The Bertz CT molecular complexity index is 1030. The topological polar surface area (TPSA) is 127 Å². The molecule has 0 aromatic carbocycles. The zero-order chi connectivity index (χ0) is 24.1. The van der Waals surface area contributed by atoms with E-state index in [4.69, 9.17) is 10.2 Å². The Hall–Kier alpha value is -2.90. The molecule has 1 unspecified atom stereocenters. The number of nitrogens with two attached hydrogens (primary N) is 1. The van der Waals surface area contributed by atoms with Crippen molar-refractivity contribution in [2.45, 2.75) is 63.0 Å². The van der Waals surface area contributed by atoms with Crippen molar-refractivity contribution in [1.82, 2.24) is 20.5 Å². The SMILES string of the molecule is CC1(C)CCCCC(O)(C(F)(F)F)c2nnc(o2)-c2nc(c(C(F)(F)F)cc2N)C(=O)N1. The summed E-state index contributed by atoms with van der Waals surface area (Å²) in [6, 6.07) is 0.413. The minimum absolute atomic E-state index is 0.0964. The van der Waals surface area contributed by atoms with Gasteiger partial charge < -0.3 is 20.6 Å². The molecule has 14 heteroatoms. The van der Waals surface area contributed by atoms with Gasteiger partial charge in [-0.3, -0.25) is 4.79 Å². The van der Waals surface area contributed by atoms with Gasteiger partial charge >= 0.3 is 12.4 Å². The molecule has 2 aromatic heterocycles. The second-order valence-electron chi connectivity index (χ2n) is 8.14. The van der Waals surface area contributed by atoms with Crippen molar-refractivity contribution in [3.63, 3.8) is 0 Å². The number of nitrogen functional groups attached to an aromatic ring is 1. The van der Waals surface area contributed by atoms with E-state index in [1.165, 1.54) is 13.8 Å². The molecule has 1 aliphatic rings. The summed E-state index contributed by atoms with van der Waals surface area (Å²) in [6.07, 6.45) is -11.0. The molecular formula is C18H19F6N5O3. The van der Waals surface area contributed by atoms with E-state index in [0.29, 0.717) is 6.07 Å². The number of halogens is 6. The van der Waals surface area contributed by atoms with Crippen LogP contribution in [0.15, 0.2) is 10.5 Å². The van der Waals surface area contributed by atoms with Crippen molar-refractivity contribution in [1.29, 1.82) is 0 Å². The molecule has 0 radical (unpaired) electrons. The number of aromatic nitrogens is 3. The summed E-state index contributed by atoms with van der Waals surface area (Å²) < 4.78 is 86.5. The minimum atomic E-state index is -5.18. The van der Waals surface area contributed by atoms with Crippen molar-refractivity contribution < 1.29 is 40.7 Å². The van der Waals surface area contributed by atoms with E-state index in [0.717, 1.165) is 0 Å². The lowest BCUT2D eigenvalue weighted by molar-refractivity contribution is -0.277. The lowest BCUT2D eigenvalue weighted by Crippen LogP contribution is -2.45. The first-order chi connectivity index (χ1) is 14.6. The average Bonchev–Trinajstić information content (AvgIpc) is 3.12. The Balaban J connectivity index is 2.25. The summed E-state index contributed by atoms with van der Waals surface area (Å²) in [4.78, 5) is 16.3. The smallest absolute Gasteiger partial charge is 0.416 e. The fourth-order valence-corrected chi connectivity index (χ4v) is 3.32. The standard InChI is InChI=1S/C18H19F6N5O3/c1-15(2)5-3-4-6-16(31,18(22,23)24)14-29-28-13(32-14)11-9(25)7-8(17(19,20)21)10(26-11)12(30)27-15/h7,31H,3-6,25H2,1-2H3,(H,27,30). The number of pyridine rings is 1. The van der Waals surface area contributed by atoms with Crippen LogP contribution in [0.2, 0.25) is 0 Å². The molecule has 0 fully saturated rings. The number of hydrogen-bond donors (Lipinski definition) is 3. The maximum Gasteiger partial charge on any atom is 0.426 e. The van der Waals surface area contributed by atoms with Crippen molar-refractivity contribution in [3.8, 4) is 11.6 Å². The summed E-state index contributed by atoms with van der Waals surface area (Å²) in [5.74, 6) is -3.14. The molecule has 8 nitrogen and oxygen atoms in total. The molecular weight excluding hydrogens is 448 g/mol. The van der Waals surface area contributed by atoms with Crippen LogP contribution in [0.5, 0.6) is 0 Å². The molecule has 4 N–H and O–H groups in total. The largest absolute Gasteiger partial charge is 0.426 e.